The van der Waals surface area contributed by atoms with Gasteiger partial charge in [-0.05, 0) is 42.0 Å². The van der Waals surface area contributed by atoms with Crippen LogP contribution in [0.1, 0.15) is 0 Å². The summed E-state index contributed by atoms with van der Waals surface area (Å²) in [7, 11) is -3.69. The number of hydrogen-bond donors (Lipinski definition) is 4. The van der Waals surface area contributed by atoms with Crippen LogP contribution in [0.4, 0.5) is 17.2 Å². The predicted octanol–water partition coefficient (Wildman–Crippen LogP) is 2.05. The van der Waals surface area contributed by atoms with Crippen LogP contribution in [-0.2, 0) is 10.0 Å². The average molecular weight is 329 g/mol. The minimum atomic E-state index is -3.69. The van der Waals surface area contributed by atoms with Crippen molar-refractivity contribution in [1.82, 2.24) is 10.2 Å². The van der Waals surface area contributed by atoms with E-state index in [1.54, 1.807) is 12.1 Å². The van der Waals surface area contributed by atoms with E-state index in [2.05, 4.69) is 15.5 Å². The molecule has 0 fully saturated rings. The van der Waals surface area contributed by atoms with Crippen molar-refractivity contribution in [3.05, 3.63) is 54.6 Å². The Bertz CT molecular complexity index is 915. The zero-order valence-corrected chi connectivity index (χ0v) is 12.8. The highest BCUT2D eigenvalue weighted by Gasteiger charge is 2.08. The number of primary sulfonamides is 1. The van der Waals surface area contributed by atoms with Crippen LogP contribution in [0.2, 0.25) is 0 Å². The smallest absolute Gasteiger partial charge is 0.238 e. The lowest BCUT2D eigenvalue weighted by Crippen LogP contribution is -2.11. The molecular formula is C15H15N5O2S. The molecule has 0 radical (unpaired) electrons. The van der Waals surface area contributed by atoms with Crippen LogP contribution >= 0.6 is 0 Å². The Balaban J connectivity index is 1.78. The molecule has 8 heteroatoms. The first-order chi connectivity index (χ1) is 10.9. The standard InChI is InChI=1S/C15H15N5O2S/c16-11-3-1-10(2-4-11)14-9-15(20-19-14)18-12-5-7-13(8-6-12)23(17,21)22/h1-9H,16H2,(H2,17,21,22)(H2,18,19,20). The van der Waals surface area contributed by atoms with Gasteiger partial charge in [-0.25, -0.2) is 13.6 Å². The van der Waals surface area contributed by atoms with Crippen molar-refractivity contribution >= 4 is 27.2 Å². The molecule has 2 aromatic carbocycles. The van der Waals surface area contributed by atoms with Crippen molar-refractivity contribution in [3.63, 3.8) is 0 Å². The van der Waals surface area contributed by atoms with Crippen LogP contribution in [0.15, 0.2) is 59.5 Å². The summed E-state index contributed by atoms with van der Waals surface area (Å²) in [6.07, 6.45) is 0. The van der Waals surface area contributed by atoms with Gasteiger partial charge in [0.25, 0.3) is 0 Å². The Kier molecular flexibility index (Phi) is 3.77. The van der Waals surface area contributed by atoms with E-state index < -0.39 is 10.0 Å². The summed E-state index contributed by atoms with van der Waals surface area (Å²) >= 11 is 0. The summed E-state index contributed by atoms with van der Waals surface area (Å²) in [6, 6.07) is 15.4. The Hall–Kier alpha value is -2.84. The molecule has 0 spiro atoms. The number of hydrogen-bond acceptors (Lipinski definition) is 5. The highest BCUT2D eigenvalue weighted by Crippen LogP contribution is 2.23. The number of aromatic amines is 1. The summed E-state index contributed by atoms with van der Waals surface area (Å²) in [5, 5.41) is 15.2. The molecule has 118 valence electrons. The van der Waals surface area contributed by atoms with E-state index in [1.807, 2.05) is 30.3 Å². The predicted molar refractivity (Wildman–Crippen MR) is 89.5 cm³/mol. The molecule has 0 aliphatic heterocycles. The number of sulfonamides is 1. The summed E-state index contributed by atoms with van der Waals surface area (Å²) in [5.41, 5.74) is 8.87. The molecule has 1 aromatic heterocycles. The summed E-state index contributed by atoms with van der Waals surface area (Å²) < 4.78 is 22.4. The topological polar surface area (TPSA) is 127 Å². The molecule has 0 saturated carbocycles. The second-order valence-corrected chi connectivity index (χ2v) is 6.54. The molecule has 0 aliphatic rings. The molecule has 0 bridgehead atoms. The van der Waals surface area contributed by atoms with E-state index in [4.69, 9.17) is 10.9 Å². The third-order valence-electron chi connectivity index (χ3n) is 3.25. The van der Waals surface area contributed by atoms with Gasteiger partial charge in [-0.2, -0.15) is 5.10 Å². The number of aromatic nitrogens is 2. The van der Waals surface area contributed by atoms with E-state index >= 15 is 0 Å². The number of nitrogen functional groups attached to an aromatic ring is 1. The second kappa shape index (κ2) is 5.75. The number of benzene rings is 2. The Morgan fingerprint density at radius 2 is 1.65 bits per heavy atom. The van der Waals surface area contributed by atoms with Gasteiger partial charge >= 0.3 is 0 Å². The Morgan fingerprint density at radius 1 is 1.00 bits per heavy atom. The molecule has 0 unspecified atom stereocenters. The molecule has 3 aromatic rings. The average Bonchev–Trinajstić information content (AvgIpc) is 2.96. The van der Waals surface area contributed by atoms with Gasteiger partial charge in [0.05, 0.1) is 10.6 Å². The number of nitrogens with two attached hydrogens (primary N) is 2. The molecular weight excluding hydrogens is 314 g/mol. The van der Waals surface area contributed by atoms with Crippen molar-refractivity contribution in [1.29, 1.82) is 0 Å². The monoisotopic (exact) mass is 329 g/mol. The number of anilines is 3. The first-order valence-electron chi connectivity index (χ1n) is 6.73. The fourth-order valence-electron chi connectivity index (χ4n) is 2.07. The zero-order valence-electron chi connectivity index (χ0n) is 12.0. The van der Waals surface area contributed by atoms with Gasteiger partial charge in [0.1, 0.15) is 0 Å². The van der Waals surface area contributed by atoms with Gasteiger partial charge < -0.3 is 11.1 Å². The van der Waals surface area contributed by atoms with Crippen LogP contribution in [0.5, 0.6) is 0 Å². The summed E-state index contributed by atoms with van der Waals surface area (Å²) in [4.78, 5) is 0.0626. The molecule has 1 heterocycles. The lowest BCUT2D eigenvalue weighted by atomic mass is 10.1. The van der Waals surface area contributed by atoms with Gasteiger partial charge in [-0.1, -0.05) is 12.1 Å². The van der Waals surface area contributed by atoms with Crippen molar-refractivity contribution < 1.29 is 8.42 Å². The van der Waals surface area contributed by atoms with Crippen LogP contribution < -0.4 is 16.2 Å². The largest absolute Gasteiger partial charge is 0.399 e. The molecule has 23 heavy (non-hydrogen) atoms. The van der Waals surface area contributed by atoms with Crippen molar-refractivity contribution in [2.24, 2.45) is 5.14 Å². The molecule has 7 nitrogen and oxygen atoms in total. The number of nitrogens with one attached hydrogen (secondary N) is 2. The molecule has 0 atom stereocenters. The fourth-order valence-corrected chi connectivity index (χ4v) is 2.59. The van der Waals surface area contributed by atoms with E-state index in [9.17, 15) is 8.42 Å². The van der Waals surface area contributed by atoms with Gasteiger partial charge in [-0.15, -0.1) is 0 Å². The Labute approximate surface area is 133 Å². The van der Waals surface area contributed by atoms with Crippen LogP contribution in [0.25, 0.3) is 11.3 Å². The van der Waals surface area contributed by atoms with E-state index in [1.165, 1.54) is 12.1 Å². The lowest BCUT2D eigenvalue weighted by Gasteiger charge is -2.03. The molecule has 0 aliphatic carbocycles. The maximum absolute atomic E-state index is 11.2. The highest BCUT2D eigenvalue weighted by molar-refractivity contribution is 7.89. The van der Waals surface area contributed by atoms with Gasteiger partial charge in [0.15, 0.2) is 5.82 Å². The second-order valence-electron chi connectivity index (χ2n) is 4.98. The maximum atomic E-state index is 11.2. The van der Waals surface area contributed by atoms with Crippen LogP contribution in [-0.4, -0.2) is 18.6 Å². The van der Waals surface area contributed by atoms with Gasteiger partial charge in [0, 0.05) is 17.4 Å². The normalized spacial score (nSPS) is 11.3. The van der Waals surface area contributed by atoms with E-state index in [0.29, 0.717) is 17.2 Å². The molecule has 0 amide bonds. The molecule has 6 N–H and O–H groups in total. The number of nitrogens with zero attached hydrogens (tertiary/aromatic N) is 1. The zero-order chi connectivity index (χ0) is 16.4. The third kappa shape index (κ3) is 3.50. The van der Waals surface area contributed by atoms with Crippen LogP contribution in [0.3, 0.4) is 0 Å². The number of H-pyrrole nitrogens is 1. The lowest BCUT2D eigenvalue weighted by molar-refractivity contribution is 0.598. The fraction of sp³-hybridized carbons (Fsp3) is 0. The SMILES string of the molecule is Nc1ccc(-c2cc(Nc3ccc(S(N)(=O)=O)cc3)n[nH]2)cc1. The minimum Gasteiger partial charge on any atom is -0.399 e. The van der Waals surface area contributed by atoms with Crippen LogP contribution in [0, 0.1) is 0 Å². The molecule has 0 saturated heterocycles. The van der Waals surface area contributed by atoms with Gasteiger partial charge in [-0.3, -0.25) is 5.10 Å². The highest BCUT2D eigenvalue weighted by atomic mass is 32.2. The van der Waals surface area contributed by atoms with Crippen molar-refractivity contribution in [2.75, 3.05) is 11.1 Å². The minimum absolute atomic E-state index is 0.0626. The Morgan fingerprint density at radius 3 is 2.26 bits per heavy atom. The van der Waals surface area contributed by atoms with E-state index in [-0.39, 0.29) is 4.90 Å². The third-order valence-corrected chi connectivity index (χ3v) is 4.18. The van der Waals surface area contributed by atoms with Crippen molar-refractivity contribution in [3.8, 4) is 11.3 Å². The maximum Gasteiger partial charge on any atom is 0.238 e. The van der Waals surface area contributed by atoms with Crippen molar-refractivity contribution in [2.45, 2.75) is 4.90 Å². The summed E-state index contributed by atoms with van der Waals surface area (Å²) in [5.74, 6) is 0.611. The number of rotatable bonds is 4. The quantitative estimate of drug-likeness (QED) is 0.545. The van der Waals surface area contributed by atoms with E-state index in [0.717, 1.165) is 11.3 Å². The van der Waals surface area contributed by atoms with Gasteiger partial charge in [0.2, 0.25) is 10.0 Å². The first-order valence-corrected chi connectivity index (χ1v) is 8.28. The first kappa shape index (κ1) is 15.1. The molecule has 3 rings (SSSR count). The summed E-state index contributed by atoms with van der Waals surface area (Å²) in [6.45, 7) is 0.